The Hall–Kier alpha value is -2.99. The molecule has 6 heteroatoms. The van der Waals surface area contributed by atoms with E-state index in [-0.39, 0.29) is 0 Å². The molecule has 0 aliphatic carbocycles. The molecular formula is C22H26N6. The maximum atomic E-state index is 4.89. The van der Waals surface area contributed by atoms with Gasteiger partial charge in [0.2, 0.25) is 0 Å². The molecule has 0 amide bonds. The molecular weight excluding hydrogens is 348 g/mol. The summed E-state index contributed by atoms with van der Waals surface area (Å²) in [5.74, 6) is 1.64. The minimum absolute atomic E-state index is 0.739. The molecule has 0 unspecified atom stereocenters. The summed E-state index contributed by atoms with van der Waals surface area (Å²) < 4.78 is 1.88. The number of rotatable bonds is 6. The fourth-order valence-corrected chi connectivity index (χ4v) is 3.46. The van der Waals surface area contributed by atoms with E-state index in [1.54, 1.807) is 0 Å². The first-order valence-electron chi connectivity index (χ1n) is 9.61. The van der Waals surface area contributed by atoms with Gasteiger partial charge in [0, 0.05) is 29.9 Å². The molecule has 0 fully saturated rings. The SMILES string of the molecule is Cc1cccc2c(NCCCN(C)C)nc(-c3ccc4c(cnn4C)c3)nc12. The molecule has 144 valence electrons. The third-order valence-electron chi connectivity index (χ3n) is 5.01. The lowest BCUT2D eigenvalue weighted by Crippen LogP contribution is -2.17. The molecule has 0 aliphatic rings. The van der Waals surface area contributed by atoms with Crippen LogP contribution in [0.3, 0.4) is 0 Å². The number of benzene rings is 2. The van der Waals surface area contributed by atoms with Crippen molar-refractivity contribution in [3.8, 4) is 11.4 Å². The number of fused-ring (bicyclic) bond motifs is 2. The number of aryl methyl sites for hydroxylation is 2. The summed E-state index contributed by atoms with van der Waals surface area (Å²) in [7, 11) is 6.14. The summed E-state index contributed by atoms with van der Waals surface area (Å²) in [6.07, 6.45) is 2.94. The van der Waals surface area contributed by atoms with Crippen LogP contribution in [0, 0.1) is 6.92 Å². The number of anilines is 1. The lowest BCUT2D eigenvalue weighted by Gasteiger charge is -2.14. The van der Waals surface area contributed by atoms with E-state index in [9.17, 15) is 0 Å². The van der Waals surface area contributed by atoms with Crippen molar-refractivity contribution in [3.63, 3.8) is 0 Å². The fourth-order valence-electron chi connectivity index (χ4n) is 3.46. The Bertz CT molecular complexity index is 1130. The van der Waals surface area contributed by atoms with Gasteiger partial charge in [0.15, 0.2) is 5.82 Å². The van der Waals surface area contributed by atoms with Crippen molar-refractivity contribution < 1.29 is 0 Å². The van der Waals surface area contributed by atoms with Crippen LogP contribution in [0.25, 0.3) is 33.2 Å². The molecule has 0 saturated carbocycles. The summed E-state index contributed by atoms with van der Waals surface area (Å²) in [6, 6.07) is 12.5. The van der Waals surface area contributed by atoms with Gasteiger partial charge >= 0.3 is 0 Å². The fraction of sp³-hybridized carbons (Fsp3) is 0.318. The molecule has 1 N–H and O–H groups in total. The Morgan fingerprint density at radius 1 is 1.11 bits per heavy atom. The Morgan fingerprint density at radius 3 is 2.79 bits per heavy atom. The van der Waals surface area contributed by atoms with Crippen LogP contribution in [-0.4, -0.2) is 51.8 Å². The van der Waals surface area contributed by atoms with Crippen LogP contribution < -0.4 is 5.32 Å². The minimum atomic E-state index is 0.739. The molecule has 2 aromatic heterocycles. The van der Waals surface area contributed by atoms with Crippen LogP contribution in [-0.2, 0) is 7.05 Å². The molecule has 0 aliphatic heterocycles. The monoisotopic (exact) mass is 374 g/mol. The highest BCUT2D eigenvalue weighted by molar-refractivity contribution is 5.93. The van der Waals surface area contributed by atoms with Crippen molar-refractivity contribution in [1.82, 2.24) is 24.6 Å². The van der Waals surface area contributed by atoms with Crippen molar-refractivity contribution in [2.24, 2.45) is 7.05 Å². The van der Waals surface area contributed by atoms with Crippen LogP contribution in [0.4, 0.5) is 5.82 Å². The summed E-state index contributed by atoms with van der Waals surface area (Å²) >= 11 is 0. The van der Waals surface area contributed by atoms with Crippen molar-refractivity contribution in [3.05, 3.63) is 48.2 Å². The molecule has 2 aromatic carbocycles. The highest BCUT2D eigenvalue weighted by atomic mass is 15.2. The second-order valence-corrected chi connectivity index (χ2v) is 7.49. The van der Waals surface area contributed by atoms with Crippen LogP contribution in [0.15, 0.2) is 42.6 Å². The van der Waals surface area contributed by atoms with Crippen molar-refractivity contribution in [1.29, 1.82) is 0 Å². The number of hydrogen-bond donors (Lipinski definition) is 1. The van der Waals surface area contributed by atoms with E-state index in [4.69, 9.17) is 9.97 Å². The van der Waals surface area contributed by atoms with E-state index in [0.29, 0.717) is 0 Å². The first kappa shape index (κ1) is 18.4. The predicted molar refractivity (Wildman–Crippen MR) is 116 cm³/mol. The number of para-hydroxylation sites is 1. The standard InChI is InChI=1S/C22H26N6/c1-15-7-5-8-18-20(15)25-21(26-22(18)23-11-6-12-27(2)3)16-9-10-19-17(13-16)14-24-28(19)4/h5,7-10,13-14H,6,11-12H2,1-4H3,(H,23,25,26). The summed E-state index contributed by atoms with van der Waals surface area (Å²) in [5, 5.41) is 10.0. The molecule has 0 spiro atoms. The van der Waals surface area contributed by atoms with Gasteiger partial charge < -0.3 is 10.2 Å². The number of nitrogens with one attached hydrogen (secondary N) is 1. The van der Waals surface area contributed by atoms with Crippen LogP contribution in [0.5, 0.6) is 0 Å². The van der Waals surface area contributed by atoms with E-state index < -0.39 is 0 Å². The van der Waals surface area contributed by atoms with Crippen LogP contribution >= 0.6 is 0 Å². The third-order valence-corrected chi connectivity index (χ3v) is 5.01. The molecule has 0 atom stereocenters. The number of aromatic nitrogens is 4. The zero-order valence-electron chi connectivity index (χ0n) is 16.9. The van der Waals surface area contributed by atoms with Gasteiger partial charge in [0.25, 0.3) is 0 Å². The Balaban J connectivity index is 1.76. The van der Waals surface area contributed by atoms with Gasteiger partial charge in [-0.15, -0.1) is 0 Å². The smallest absolute Gasteiger partial charge is 0.162 e. The van der Waals surface area contributed by atoms with Gasteiger partial charge in [-0.2, -0.15) is 5.10 Å². The lowest BCUT2D eigenvalue weighted by atomic mass is 10.1. The quantitative estimate of drug-likeness (QED) is 0.520. The molecule has 4 rings (SSSR count). The molecule has 4 aromatic rings. The van der Waals surface area contributed by atoms with Gasteiger partial charge in [-0.05, 0) is 63.8 Å². The van der Waals surface area contributed by atoms with Gasteiger partial charge in [0.1, 0.15) is 5.82 Å². The van der Waals surface area contributed by atoms with Crippen molar-refractivity contribution >= 4 is 27.6 Å². The molecule has 2 heterocycles. The summed E-state index contributed by atoms with van der Waals surface area (Å²) in [4.78, 5) is 12.0. The molecule has 0 radical (unpaired) electrons. The maximum Gasteiger partial charge on any atom is 0.162 e. The van der Waals surface area contributed by atoms with Gasteiger partial charge in [-0.1, -0.05) is 12.1 Å². The predicted octanol–water partition coefficient (Wildman–Crippen LogP) is 3.86. The Morgan fingerprint density at radius 2 is 1.96 bits per heavy atom. The van der Waals surface area contributed by atoms with E-state index in [1.807, 2.05) is 17.9 Å². The molecule has 0 bridgehead atoms. The average molecular weight is 374 g/mol. The Kier molecular flexibility index (Phi) is 4.96. The Labute approximate surface area is 165 Å². The largest absolute Gasteiger partial charge is 0.369 e. The molecule has 28 heavy (non-hydrogen) atoms. The zero-order valence-corrected chi connectivity index (χ0v) is 16.9. The van der Waals surface area contributed by atoms with Gasteiger partial charge in [-0.25, -0.2) is 9.97 Å². The lowest BCUT2D eigenvalue weighted by molar-refractivity contribution is 0.405. The highest BCUT2D eigenvalue weighted by Crippen LogP contribution is 2.28. The third kappa shape index (κ3) is 3.55. The van der Waals surface area contributed by atoms with Crippen LogP contribution in [0.1, 0.15) is 12.0 Å². The van der Waals surface area contributed by atoms with Gasteiger partial charge in [-0.3, -0.25) is 4.68 Å². The topological polar surface area (TPSA) is 58.9 Å². The van der Waals surface area contributed by atoms with Crippen molar-refractivity contribution in [2.75, 3.05) is 32.5 Å². The second kappa shape index (κ2) is 7.56. The molecule has 0 saturated heterocycles. The van der Waals surface area contributed by atoms with E-state index >= 15 is 0 Å². The van der Waals surface area contributed by atoms with Crippen molar-refractivity contribution in [2.45, 2.75) is 13.3 Å². The number of hydrogen-bond acceptors (Lipinski definition) is 5. The first-order chi connectivity index (χ1) is 13.5. The van der Waals surface area contributed by atoms with E-state index in [2.05, 4.69) is 72.7 Å². The summed E-state index contributed by atoms with van der Waals surface area (Å²) in [5.41, 5.74) is 4.25. The van der Waals surface area contributed by atoms with Gasteiger partial charge in [0.05, 0.1) is 17.2 Å². The van der Waals surface area contributed by atoms with E-state index in [0.717, 1.165) is 64.1 Å². The second-order valence-electron chi connectivity index (χ2n) is 7.49. The van der Waals surface area contributed by atoms with E-state index in [1.165, 1.54) is 0 Å². The average Bonchev–Trinajstić information content (AvgIpc) is 3.05. The zero-order chi connectivity index (χ0) is 19.7. The highest BCUT2D eigenvalue weighted by Gasteiger charge is 2.12. The number of nitrogens with zero attached hydrogens (tertiary/aromatic N) is 5. The maximum absolute atomic E-state index is 4.89. The summed E-state index contributed by atoms with van der Waals surface area (Å²) in [6.45, 7) is 4.01. The molecule has 6 nitrogen and oxygen atoms in total. The van der Waals surface area contributed by atoms with Crippen LogP contribution in [0.2, 0.25) is 0 Å². The minimum Gasteiger partial charge on any atom is -0.369 e. The normalized spacial score (nSPS) is 11.6. The first-order valence-corrected chi connectivity index (χ1v) is 9.61.